The number of ether oxygens (including phenoxy) is 2. The quantitative estimate of drug-likeness (QED) is 0.437. The number of rotatable bonds is 10. The number of Topliss-reactive ketones (excluding diaryl/α,β-unsaturated/α-hetero) is 1. The fourth-order valence-corrected chi connectivity index (χ4v) is 4.61. The van der Waals surface area contributed by atoms with Crippen LogP contribution in [0.2, 0.25) is 0 Å². The average Bonchev–Trinajstić information content (AvgIpc) is 3.22. The number of amides is 1. The smallest absolute Gasteiger partial charge is 0.290 e. The largest absolute Gasteiger partial charge is 0.503 e. The predicted octanol–water partition coefficient (Wildman–Crippen LogP) is 4.16. The first-order valence-electron chi connectivity index (χ1n) is 10.3. The van der Waals surface area contributed by atoms with E-state index in [0.29, 0.717) is 48.1 Å². The number of methoxy groups -OCH3 is 1. The third-order valence-electron chi connectivity index (χ3n) is 5.08. The van der Waals surface area contributed by atoms with Gasteiger partial charge in [-0.1, -0.05) is 25.1 Å². The van der Waals surface area contributed by atoms with Gasteiger partial charge in [-0.3, -0.25) is 9.59 Å². The number of aryl methyl sites for hydroxylation is 2. The molecular weight excluding hydrogens is 416 g/mol. The number of aromatic nitrogens is 1. The molecule has 166 valence electrons. The Hall–Kier alpha value is -2.71. The molecule has 0 bridgehead atoms. The second-order valence-electron chi connectivity index (χ2n) is 7.37. The number of thiazole rings is 1. The summed E-state index contributed by atoms with van der Waals surface area (Å²) in [6.07, 6.45) is 1.39. The molecular formula is C23H28N2O5S. The molecule has 0 saturated carbocycles. The van der Waals surface area contributed by atoms with Crippen LogP contribution < -0.4 is 4.74 Å². The summed E-state index contributed by atoms with van der Waals surface area (Å²) in [5, 5.41) is 11.5. The van der Waals surface area contributed by atoms with Gasteiger partial charge < -0.3 is 19.5 Å². The molecule has 0 radical (unpaired) electrons. The number of carbonyl (C=O) groups is 2. The van der Waals surface area contributed by atoms with Gasteiger partial charge in [-0.15, -0.1) is 11.3 Å². The molecule has 1 aromatic carbocycles. The van der Waals surface area contributed by atoms with Gasteiger partial charge in [-0.25, -0.2) is 4.98 Å². The molecule has 1 aliphatic heterocycles. The van der Waals surface area contributed by atoms with Crippen LogP contribution in [0.5, 0.6) is 5.75 Å². The van der Waals surface area contributed by atoms with Crippen LogP contribution in [0, 0.1) is 13.8 Å². The first kappa shape index (κ1) is 23.0. The summed E-state index contributed by atoms with van der Waals surface area (Å²) in [7, 11) is 1.59. The molecule has 31 heavy (non-hydrogen) atoms. The molecule has 0 aliphatic carbocycles. The van der Waals surface area contributed by atoms with Crippen LogP contribution in [0.1, 0.15) is 51.7 Å². The van der Waals surface area contributed by atoms with Crippen molar-refractivity contribution in [1.82, 2.24) is 9.88 Å². The van der Waals surface area contributed by atoms with E-state index in [1.165, 1.54) is 16.2 Å². The van der Waals surface area contributed by atoms with Gasteiger partial charge in [0.05, 0.1) is 33.8 Å². The van der Waals surface area contributed by atoms with Gasteiger partial charge in [0.2, 0.25) is 5.78 Å². The Morgan fingerprint density at radius 3 is 2.65 bits per heavy atom. The molecule has 3 rings (SSSR count). The molecule has 2 heterocycles. The molecule has 1 atom stereocenters. The lowest BCUT2D eigenvalue weighted by molar-refractivity contribution is -0.129. The number of carbonyl (C=O) groups excluding carboxylic acids is 2. The van der Waals surface area contributed by atoms with Crippen LogP contribution in [-0.2, 0) is 9.53 Å². The van der Waals surface area contributed by atoms with Gasteiger partial charge in [0.1, 0.15) is 5.75 Å². The molecule has 7 nitrogen and oxygen atoms in total. The summed E-state index contributed by atoms with van der Waals surface area (Å²) in [6.45, 7) is 6.89. The van der Waals surface area contributed by atoms with Crippen LogP contribution in [0.15, 0.2) is 35.6 Å². The summed E-state index contributed by atoms with van der Waals surface area (Å²) in [4.78, 5) is 32.8. The van der Waals surface area contributed by atoms with E-state index >= 15 is 0 Å². The molecule has 1 aromatic heterocycles. The van der Waals surface area contributed by atoms with Crippen molar-refractivity contribution >= 4 is 23.0 Å². The lowest BCUT2D eigenvalue weighted by Gasteiger charge is -2.28. The summed E-state index contributed by atoms with van der Waals surface area (Å²) >= 11 is 1.26. The highest BCUT2D eigenvalue weighted by Crippen LogP contribution is 2.43. The monoisotopic (exact) mass is 444 g/mol. The molecule has 1 N–H and O–H groups in total. The molecule has 0 fully saturated rings. The second-order valence-corrected chi connectivity index (χ2v) is 8.58. The minimum atomic E-state index is -0.744. The highest BCUT2D eigenvalue weighted by Gasteiger charge is 2.45. The zero-order valence-electron chi connectivity index (χ0n) is 18.3. The number of aliphatic hydroxyl groups is 1. The van der Waals surface area contributed by atoms with Crippen LogP contribution >= 0.6 is 11.3 Å². The predicted molar refractivity (Wildman–Crippen MR) is 119 cm³/mol. The summed E-state index contributed by atoms with van der Waals surface area (Å²) in [6, 6.07) is 6.60. The first-order valence-corrected chi connectivity index (χ1v) is 11.2. The second kappa shape index (κ2) is 10.1. The average molecular weight is 445 g/mol. The van der Waals surface area contributed by atoms with Crippen molar-refractivity contribution in [3.63, 3.8) is 0 Å². The maximum atomic E-state index is 13.5. The lowest BCUT2D eigenvalue weighted by atomic mass is 9.94. The Kier molecular flexibility index (Phi) is 7.46. The molecule has 1 aliphatic rings. The zero-order valence-corrected chi connectivity index (χ0v) is 19.1. The Balaban J connectivity index is 2.10. The fourth-order valence-electron chi connectivity index (χ4n) is 3.73. The third kappa shape index (κ3) is 4.65. The van der Waals surface area contributed by atoms with Crippen LogP contribution in [0.25, 0.3) is 0 Å². The molecule has 1 unspecified atom stereocenters. The van der Waals surface area contributed by atoms with Crippen LogP contribution in [-0.4, -0.2) is 53.5 Å². The van der Waals surface area contributed by atoms with Gasteiger partial charge >= 0.3 is 0 Å². The molecule has 8 heteroatoms. The van der Waals surface area contributed by atoms with Crippen molar-refractivity contribution in [3.8, 4) is 5.75 Å². The van der Waals surface area contributed by atoms with Crippen molar-refractivity contribution in [2.24, 2.45) is 0 Å². The number of benzene rings is 1. The minimum absolute atomic E-state index is 0.0710. The lowest BCUT2D eigenvalue weighted by Crippen LogP contribution is -2.33. The summed E-state index contributed by atoms with van der Waals surface area (Å²) in [5.41, 5.74) is 1.34. The first-order chi connectivity index (χ1) is 14.9. The Bertz CT molecular complexity index is 998. The SMILES string of the molecule is CCCOc1ccccc1C1C(C(=O)c2sc(C)nc2C)=C(O)C(=O)N1CCCOC. The van der Waals surface area contributed by atoms with Crippen molar-refractivity contribution in [2.45, 2.75) is 39.7 Å². The van der Waals surface area contributed by atoms with Crippen molar-refractivity contribution in [2.75, 3.05) is 26.9 Å². The van der Waals surface area contributed by atoms with E-state index in [0.717, 1.165) is 11.4 Å². The number of ketones is 1. The Labute approximate surface area is 186 Å². The zero-order chi connectivity index (χ0) is 22.5. The van der Waals surface area contributed by atoms with E-state index in [9.17, 15) is 14.7 Å². The van der Waals surface area contributed by atoms with E-state index in [2.05, 4.69) is 4.98 Å². The van der Waals surface area contributed by atoms with Crippen molar-refractivity contribution in [3.05, 3.63) is 56.7 Å². The number of nitrogens with zero attached hydrogens (tertiary/aromatic N) is 2. The molecule has 2 aromatic rings. The number of hydrogen-bond donors (Lipinski definition) is 1. The topological polar surface area (TPSA) is 89.0 Å². The summed E-state index contributed by atoms with van der Waals surface area (Å²) < 4.78 is 11.0. The Morgan fingerprint density at radius 1 is 1.26 bits per heavy atom. The molecule has 0 saturated heterocycles. The maximum absolute atomic E-state index is 13.5. The van der Waals surface area contributed by atoms with Gasteiger partial charge in [-0.05, 0) is 32.8 Å². The van der Waals surface area contributed by atoms with Gasteiger partial charge in [-0.2, -0.15) is 0 Å². The highest BCUT2D eigenvalue weighted by atomic mass is 32.1. The van der Waals surface area contributed by atoms with Crippen LogP contribution in [0.4, 0.5) is 0 Å². The van der Waals surface area contributed by atoms with Crippen molar-refractivity contribution < 1.29 is 24.2 Å². The van der Waals surface area contributed by atoms with E-state index in [-0.39, 0.29) is 11.4 Å². The van der Waals surface area contributed by atoms with Gasteiger partial charge in [0.15, 0.2) is 5.76 Å². The fraction of sp³-hybridized carbons (Fsp3) is 0.435. The van der Waals surface area contributed by atoms with E-state index in [1.54, 1.807) is 14.0 Å². The highest BCUT2D eigenvalue weighted by molar-refractivity contribution is 7.14. The van der Waals surface area contributed by atoms with Crippen LogP contribution in [0.3, 0.4) is 0 Å². The molecule has 0 spiro atoms. The van der Waals surface area contributed by atoms with E-state index < -0.39 is 17.7 Å². The van der Waals surface area contributed by atoms with Gasteiger partial charge in [0, 0.05) is 25.8 Å². The van der Waals surface area contributed by atoms with E-state index in [4.69, 9.17) is 9.47 Å². The van der Waals surface area contributed by atoms with Crippen molar-refractivity contribution in [1.29, 1.82) is 0 Å². The standard InChI is InChI=1S/C23H28N2O5S/c1-5-12-30-17-10-7-6-9-16(17)19-18(20(26)22-14(2)24-15(3)31-22)21(27)23(28)25(19)11-8-13-29-4/h6-7,9-10,19,27H,5,8,11-13H2,1-4H3. The number of hydrogen-bond acceptors (Lipinski definition) is 7. The minimum Gasteiger partial charge on any atom is -0.503 e. The van der Waals surface area contributed by atoms with Gasteiger partial charge in [0.25, 0.3) is 5.91 Å². The molecule has 1 amide bonds. The number of aliphatic hydroxyl groups excluding tert-OH is 1. The number of para-hydroxylation sites is 1. The summed E-state index contributed by atoms with van der Waals surface area (Å²) in [5.74, 6) is -0.855. The van der Waals surface area contributed by atoms with E-state index in [1.807, 2.05) is 38.1 Å². The Morgan fingerprint density at radius 2 is 2.00 bits per heavy atom. The normalized spacial score (nSPS) is 16.3. The third-order valence-corrected chi connectivity index (χ3v) is 6.15. The maximum Gasteiger partial charge on any atom is 0.290 e.